The number of carboxylic acids is 1. The van der Waals surface area contributed by atoms with E-state index in [0.29, 0.717) is 38.2 Å². The molecule has 1 heterocycles. The summed E-state index contributed by atoms with van der Waals surface area (Å²) in [5.41, 5.74) is -0.243. The highest BCUT2D eigenvalue weighted by molar-refractivity contribution is 5.74. The molecular formula is C16H21F2NO4. The Balaban J connectivity index is 2.19. The van der Waals surface area contributed by atoms with E-state index in [1.165, 1.54) is 0 Å². The average molecular weight is 329 g/mol. The van der Waals surface area contributed by atoms with Gasteiger partial charge in [-0.05, 0) is 32.9 Å². The summed E-state index contributed by atoms with van der Waals surface area (Å²) in [5.74, 6) is -0.550. The Bertz CT molecular complexity index is 567. The quantitative estimate of drug-likeness (QED) is 0.833. The number of benzene rings is 1. The van der Waals surface area contributed by atoms with Gasteiger partial charge in [0.15, 0.2) is 11.5 Å². The van der Waals surface area contributed by atoms with Crippen LogP contribution in [0.3, 0.4) is 0 Å². The zero-order chi connectivity index (χ0) is 17.0. The van der Waals surface area contributed by atoms with E-state index in [-0.39, 0.29) is 11.5 Å². The first-order valence-corrected chi connectivity index (χ1v) is 7.51. The Morgan fingerprint density at radius 1 is 1.48 bits per heavy atom. The molecular weight excluding hydrogens is 308 g/mol. The number of hydrogen-bond acceptors (Lipinski definition) is 4. The predicted molar refractivity (Wildman–Crippen MR) is 79.9 cm³/mol. The van der Waals surface area contributed by atoms with Gasteiger partial charge in [0.25, 0.3) is 0 Å². The standard InChI is InChI=1S/C16H21F2NO4/c1-3-22-12-6-4-5-11(13(12)23-15(17)18)9-19-8-7-16(2,10-19)14(20)21/h4-6,15H,3,7-10H2,1-2H3,(H,20,21). The molecule has 1 aliphatic rings. The number of aliphatic carboxylic acids is 1. The van der Waals surface area contributed by atoms with Crippen molar-refractivity contribution in [2.75, 3.05) is 19.7 Å². The summed E-state index contributed by atoms with van der Waals surface area (Å²) in [7, 11) is 0. The zero-order valence-corrected chi connectivity index (χ0v) is 13.2. The molecule has 7 heteroatoms. The molecule has 0 bridgehead atoms. The maximum atomic E-state index is 12.7. The van der Waals surface area contributed by atoms with E-state index in [1.54, 1.807) is 32.0 Å². The van der Waals surface area contributed by atoms with Gasteiger partial charge in [-0.3, -0.25) is 9.69 Å². The van der Waals surface area contributed by atoms with Gasteiger partial charge in [-0.25, -0.2) is 0 Å². The molecule has 0 aromatic heterocycles. The van der Waals surface area contributed by atoms with Crippen LogP contribution in [-0.2, 0) is 11.3 Å². The number of carboxylic acid groups (broad SMARTS) is 1. The van der Waals surface area contributed by atoms with Gasteiger partial charge in [-0.1, -0.05) is 12.1 Å². The minimum atomic E-state index is -2.95. The molecule has 0 spiro atoms. The predicted octanol–water partition coefficient (Wildman–Crippen LogP) is 2.98. The third-order valence-corrected chi connectivity index (χ3v) is 4.03. The van der Waals surface area contributed by atoms with Gasteiger partial charge in [0.2, 0.25) is 0 Å². The summed E-state index contributed by atoms with van der Waals surface area (Å²) in [6.07, 6.45) is 0.526. The molecule has 2 rings (SSSR count). The molecule has 1 aromatic rings. The number of carbonyl (C=O) groups is 1. The number of likely N-dealkylation sites (tertiary alicyclic amines) is 1. The van der Waals surface area contributed by atoms with Crippen molar-refractivity contribution < 1.29 is 28.2 Å². The molecule has 1 N–H and O–H groups in total. The minimum Gasteiger partial charge on any atom is -0.490 e. The topological polar surface area (TPSA) is 59.0 Å². The second-order valence-electron chi connectivity index (χ2n) is 5.88. The van der Waals surface area contributed by atoms with E-state index < -0.39 is 18.0 Å². The van der Waals surface area contributed by atoms with Crippen molar-refractivity contribution in [2.45, 2.75) is 33.4 Å². The third-order valence-electron chi connectivity index (χ3n) is 4.03. The fourth-order valence-electron chi connectivity index (χ4n) is 2.78. The smallest absolute Gasteiger partial charge is 0.387 e. The molecule has 0 saturated carbocycles. The first-order chi connectivity index (χ1) is 10.9. The monoisotopic (exact) mass is 329 g/mol. The lowest BCUT2D eigenvalue weighted by Crippen LogP contribution is -2.31. The van der Waals surface area contributed by atoms with Crippen molar-refractivity contribution in [3.63, 3.8) is 0 Å². The molecule has 23 heavy (non-hydrogen) atoms. The lowest BCUT2D eigenvalue weighted by molar-refractivity contribution is -0.147. The van der Waals surface area contributed by atoms with Crippen molar-refractivity contribution in [3.8, 4) is 11.5 Å². The summed E-state index contributed by atoms with van der Waals surface area (Å²) in [5, 5.41) is 9.27. The van der Waals surface area contributed by atoms with Crippen LogP contribution in [0.25, 0.3) is 0 Å². The van der Waals surface area contributed by atoms with E-state index in [4.69, 9.17) is 4.74 Å². The second kappa shape index (κ2) is 7.12. The Kier molecular flexibility index (Phi) is 5.41. The van der Waals surface area contributed by atoms with Crippen LogP contribution in [0.4, 0.5) is 8.78 Å². The van der Waals surface area contributed by atoms with Gasteiger partial charge in [0.05, 0.1) is 12.0 Å². The first-order valence-electron chi connectivity index (χ1n) is 7.51. The van der Waals surface area contributed by atoms with E-state index >= 15 is 0 Å². The van der Waals surface area contributed by atoms with Crippen LogP contribution in [0, 0.1) is 5.41 Å². The summed E-state index contributed by atoms with van der Waals surface area (Å²) in [4.78, 5) is 13.2. The van der Waals surface area contributed by atoms with Crippen LogP contribution in [0.1, 0.15) is 25.8 Å². The van der Waals surface area contributed by atoms with Gasteiger partial charge in [0.1, 0.15) is 0 Å². The molecule has 1 fully saturated rings. The van der Waals surface area contributed by atoms with E-state index in [2.05, 4.69) is 4.74 Å². The fourth-order valence-corrected chi connectivity index (χ4v) is 2.78. The van der Waals surface area contributed by atoms with Crippen molar-refractivity contribution in [1.82, 2.24) is 4.90 Å². The number of rotatable bonds is 7. The van der Waals surface area contributed by atoms with Gasteiger partial charge in [-0.15, -0.1) is 0 Å². The molecule has 0 radical (unpaired) electrons. The molecule has 5 nitrogen and oxygen atoms in total. The summed E-state index contributed by atoms with van der Waals surface area (Å²) in [6.45, 7) is 2.15. The highest BCUT2D eigenvalue weighted by Gasteiger charge is 2.40. The molecule has 1 atom stereocenters. The van der Waals surface area contributed by atoms with Crippen LogP contribution in [0.5, 0.6) is 11.5 Å². The first kappa shape index (κ1) is 17.5. The lowest BCUT2D eigenvalue weighted by atomic mass is 9.90. The number of para-hydroxylation sites is 1. The fraction of sp³-hybridized carbons (Fsp3) is 0.562. The highest BCUT2D eigenvalue weighted by atomic mass is 19.3. The SMILES string of the molecule is CCOc1cccc(CN2CCC(C)(C(=O)O)C2)c1OC(F)F. The van der Waals surface area contributed by atoms with Crippen molar-refractivity contribution >= 4 is 5.97 Å². The molecule has 1 aliphatic heterocycles. The normalized spacial score (nSPS) is 21.6. The Labute approximate surface area is 133 Å². The van der Waals surface area contributed by atoms with Crippen LogP contribution in [-0.4, -0.2) is 42.3 Å². The summed E-state index contributed by atoms with van der Waals surface area (Å²) < 4.78 is 35.4. The molecule has 1 unspecified atom stereocenters. The Hall–Kier alpha value is -1.89. The van der Waals surface area contributed by atoms with Crippen LogP contribution in [0.2, 0.25) is 0 Å². The summed E-state index contributed by atoms with van der Waals surface area (Å²) >= 11 is 0. The minimum absolute atomic E-state index is 0.0216. The number of halogens is 2. The average Bonchev–Trinajstić information content (AvgIpc) is 2.85. The van der Waals surface area contributed by atoms with Crippen molar-refractivity contribution in [1.29, 1.82) is 0 Å². The Morgan fingerprint density at radius 3 is 2.78 bits per heavy atom. The molecule has 1 aromatic carbocycles. The van der Waals surface area contributed by atoms with Crippen molar-refractivity contribution in [2.24, 2.45) is 5.41 Å². The lowest BCUT2D eigenvalue weighted by Gasteiger charge is -2.22. The maximum Gasteiger partial charge on any atom is 0.387 e. The van der Waals surface area contributed by atoms with E-state index in [0.717, 1.165) is 0 Å². The number of nitrogens with zero attached hydrogens (tertiary/aromatic N) is 1. The summed E-state index contributed by atoms with van der Waals surface area (Å²) in [6, 6.07) is 4.98. The van der Waals surface area contributed by atoms with Crippen LogP contribution in [0.15, 0.2) is 18.2 Å². The second-order valence-corrected chi connectivity index (χ2v) is 5.88. The maximum absolute atomic E-state index is 12.7. The van der Waals surface area contributed by atoms with E-state index in [1.807, 2.05) is 4.90 Å². The van der Waals surface area contributed by atoms with Crippen molar-refractivity contribution in [3.05, 3.63) is 23.8 Å². The van der Waals surface area contributed by atoms with Gasteiger partial charge < -0.3 is 14.6 Å². The number of hydrogen-bond donors (Lipinski definition) is 1. The molecule has 1 saturated heterocycles. The molecule has 0 amide bonds. The van der Waals surface area contributed by atoms with Gasteiger partial charge >= 0.3 is 12.6 Å². The van der Waals surface area contributed by atoms with Gasteiger partial charge in [0, 0.05) is 18.7 Å². The van der Waals surface area contributed by atoms with E-state index in [9.17, 15) is 18.7 Å². The van der Waals surface area contributed by atoms with Crippen LogP contribution >= 0.6 is 0 Å². The Morgan fingerprint density at radius 2 is 2.22 bits per heavy atom. The number of ether oxygens (including phenoxy) is 2. The highest BCUT2D eigenvalue weighted by Crippen LogP contribution is 2.36. The zero-order valence-electron chi connectivity index (χ0n) is 13.2. The molecule has 128 valence electrons. The van der Waals surface area contributed by atoms with Crippen LogP contribution < -0.4 is 9.47 Å². The van der Waals surface area contributed by atoms with Gasteiger partial charge in [-0.2, -0.15) is 8.78 Å². The number of alkyl halides is 2. The third kappa shape index (κ3) is 4.10. The largest absolute Gasteiger partial charge is 0.490 e. The molecule has 0 aliphatic carbocycles.